The molecule has 1 fully saturated rings. The lowest BCUT2D eigenvalue weighted by Gasteiger charge is -2.40. The molecule has 1 aliphatic rings. The van der Waals surface area contributed by atoms with Gasteiger partial charge in [-0.15, -0.1) is 5.10 Å². The second kappa shape index (κ2) is 9.09. The van der Waals surface area contributed by atoms with Gasteiger partial charge in [-0.3, -0.25) is 4.90 Å². The second-order valence-corrected chi connectivity index (χ2v) is 8.64. The summed E-state index contributed by atoms with van der Waals surface area (Å²) in [6, 6.07) is 10.7. The van der Waals surface area contributed by atoms with Gasteiger partial charge in [0, 0.05) is 42.6 Å². The fourth-order valence-electron chi connectivity index (χ4n) is 4.64. The molecule has 0 unspecified atom stereocenters. The van der Waals surface area contributed by atoms with Crippen LogP contribution in [0.2, 0.25) is 0 Å². The van der Waals surface area contributed by atoms with Crippen LogP contribution >= 0.6 is 0 Å². The molecule has 2 atom stereocenters. The highest BCUT2D eigenvalue weighted by Gasteiger charge is 2.24. The van der Waals surface area contributed by atoms with Gasteiger partial charge >= 0.3 is 0 Å². The van der Waals surface area contributed by atoms with Crippen molar-refractivity contribution in [1.29, 1.82) is 5.26 Å². The van der Waals surface area contributed by atoms with Crippen molar-refractivity contribution in [2.24, 2.45) is 0 Å². The second-order valence-electron chi connectivity index (χ2n) is 8.64. The molecule has 3 aromatic rings. The molecule has 0 bridgehead atoms. The summed E-state index contributed by atoms with van der Waals surface area (Å²) in [5.74, 6) is 1.72. The van der Waals surface area contributed by atoms with E-state index >= 15 is 0 Å². The molecule has 7 nitrogen and oxygen atoms in total. The highest BCUT2D eigenvalue weighted by atomic mass is 15.3. The zero-order chi connectivity index (χ0) is 22.8. The average molecular weight is 430 g/mol. The van der Waals surface area contributed by atoms with Gasteiger partial charge in [0.15, 0.2) is 5.82 Å². The zero-order valence-corrected chi connectivity index (χ0v) is 19.6. The Hall–Kier alpha value is -3.24. The van der Waals surface area contributed by atoms with Gasteiger partial charge in [0.1, 0.15) is 5.82 Å². The predicted molar refractivity (Wildman–Crippen MR) is 129 cm³/mol. The van der Waals surface area contributed by atoms with E-state index in [1.807, 2.05) is 32.2 Å². The summed E-state index contributed by atoms with van der Waals surface area (Å²) in [5.41, 5.74) is 3.63. The van der Waals surface area contributed by atoms with Crippen LogP contribution in [0.15, 0.2) is 30.5 Å². The third-order valence-electron chi connectivity index (χ3n) is 6.65. The van der Waals surface area contributed by atoms with Gasteiger partial charge in [0.25, 0.3) is 0 Å². The van der Waals surface area contributed by atoms with Gasteiger partial charge in [-0.25, -0.2) is 4.98 Å². The Morgan fingerprint density at radius 2 is 2.03 bits per heavy atom. The lowest BCUT2D eigenvalue weighted by Crippen LogP contribution is -2.51. The summed E-state index contributed by atoms with van der Waals surface area (Å²) in [6.45, 7) is 14.6. The highest BCUT2D eigenvalue weighted by molar-refractivity contribution is 5.94. The summed E-state index contributed by atoms with van der Waals surface area (Å²) >= 11 is 0. The van der Waals surface area contributed by atoms with Crippen LogP contribution in [-0.4, -0.2) is 52.3 Å². The van der Waals surface area contributed by atoms with E-state index in [1.165, 1.54) is 0 Å². The molecule has 166 valence electrons. The van der Waals surface area contributed by atoms with E-state index in [2.05, 4.69) is 64.3 Å². The average Bonchev–Trinajstić information content (AvgIpc) is 2.80. The van der Waals surface area contributed by atoms with Gasteiger partial charge in [-0.2, -0.15) is 10.4 Å². The number of rotatable bonds is 5. The van der Waals surface area contributed by atoms with Crippen LogP contribution < -0.4 is 10.2 Å². The lowest BCUT2D eigenvalue weighted by molar-refractivity contribution is 0.199. The summed E-state index contributed by atoms with van der Waals surface area (Å²) < 4.78 is 0. The SMILES string of the molecule is CCN1CCN(c2cc3c(N[C@H](C)c4cccc(C#N)c4C)nnc(C)c3cn2)C[C@@H]1C. The quantitative estimate of drug-likeness (QED) is 0.650. The molecule has 2 aromatic heterocycles. The van der Waals surface area contributed by atoms with Crippen molar-refractivity contribution in [3.63, 3.8) is 0 Å². The van der Waals surface area contributed by atoms with Crippen molar-refractivity contribution < 1.29 is 0 Å². The lowest BCUT2D eigenvalue weighted by atomic mass is 9.98. The summed E-state index contributed by atoms with van der Waals surface area (Å²) in [7, 11) is 0. The monoisotopic (exact) mass is 429 g/mol. The number of fused-ring (bicyclic) bond motifs is 1. The Kier molecular flexibility index (Phi) is 6.24. The summed E-state index contributed by atoms with van der Waals surface area (Å²) in [4.78, 5) is 9.63. The molecular weight excluding hydrogens is 398 g/mol. The first-order chi connectivity index (χ1) is 15.4. The van der Waals surface area contributed by atoms with Gasteiger partial charge < -0.3 is 10.2 Å². The molecule has 4 rings (SSSR count). The number of anilines is 2. The molecule has 0 aliphatic carbocycles. The molecule has 0 radical (unpaired) electrons. The minimum Gasteiger partial charge on any atom is -0.362 e. The molecule has 0 saturated carbocycles. The number of nitriles is 1. The van der Waals surface area contributed by atoms with E-state index in [0.717, 1.165) is 65.4 Å². The van der Waals surface area contributed by atoms with Crippen molar-refractivity contribution in [3.05, 3.63) is 52.8 Å². The molecule has 1 aliphatic heterocycles. The maximum atomic E-state index is 9.38. The van der Waals surface area contributed by atoms with E-state index in [4.69, 9.17) is 4.98 Å². The van der Waals surface area contributed by atoms with Crippen LogP contribution in [0.25, 0.3) is 10.8 Å². The Balaban J connectivity index is 1.67. The Labute approximate surface area is 190 Å². The van der Waals surface area contributed by atoms with E-state index in [0.29, 0.717) is 11.6 Å². The number of piperazine rings is 1. The number of hydrogen-bond donors (Lipinski definition) is 1. The van der Waals surface area contributed by atoms with Crippen LogP contribution in [-0.2, 0) is 0 Å². The van der Waals surface area contributed by atoms with Crippen molar-refractivity contribution in [2.45, 2.75) is 46.7 Å². The molecule has 3 heterocycles. The van der Waals surface area contributed by atoms with Gasteiger partial charge in [0.2, 0.25) is 0 Å². The molecule has 0 amide bonds. The first-order valence-electron chi connectivity index (χ1n) is 11.3. The topological polar surface area (TPSA) is 81.0 Å². The van der Waals surface area contributed by atoms with Crippen molar-refractivity contribution in [3.8, 4) is 6.07 Å². The number of benzene rings is 1. The maximum Gasteiger partial charge on any atom is 0.157 e. The first kappa shape index (κ1) is 22.0. The van der Waals surface area contributed by atoms with Crippen LogP contribution in [0, 0.1) is 25.2 Å². The molecule has 0 spiro atoms. The number of likely N-dealkylation sites (N-methyl/N-ethyl adjacent to an activating group) is 1. The van der Waals surface area contributed by atoms with Crippen molar-refractivity contribution in [2.75, 3.05) is 36.4 Å². The van der Waals surface area contributed by atoms with Crippen LogP contribution in [0.3, 0.4) is 0 Å². The van der Waals surface area contributed by atoms with Crippen molar-refractivity contribution >= 4 is 22.4 Å². The molecular formula is C25H31N7. The standard InChI is InChI=1S/C25H31N7/c1-6-31-10-11-32(15-16(31)2)24-12-22-23(14-27-24)19(5)29-30-25(22)28-18(4)21-9-7-8-20(13-26)17(21)3/h7-9,12,14,16,18H,6,10-11,15H2,1-5H3,(H,28,30)/t16-,18+/m0/s1. The number of hydrogen-bond acceptors (Lipinski definition) is 7. The molecule has 1 saturated heterocycles. The third-order valence-corrected chi connectivity index (χ3v) is 6.65. The fraction of sp³-hybridized carbons (Fsp3) is 0.440. The number of pyridine rings is 1. The number of aryl methyl sites for hydroxylation is 1. The zero-order valence-electron chi connectivity index (χ0n) is 19.6. The summed E-state index contributed by atoms with van der Waals surface area (Å²) in [5, 5.41) is 23.8. The largest absolute Gasteiger partial charge is 0.362 e. The number of aromatic nitrogens is 3. The molecule has 1 N–H and O–H groups in total. The van der Waals surface area contributed by atoms with E-state index in [1.54, 1.807) is 0 Å². The Bertz CT molecular complexity index is 1170. The normalized spacial score (nSPS) is 17.9. The smallest absolute Gasteiger partial charge is 0.157 e. The highest BCUT2D eigenvalue weighted by Crippen LogP contribution is 2.30. The Morgan fingerprint density at radius 1 is 1.22 bits per heavy atom. The predicted octanol–water partition coefficient (Wildman–Crippen LogP) is 4.22. The third kappa shape index (κ3) is 4.11. The molecule has 1 aromatic carbocycles. The molecule has 32 heavy (non-hydrogen) atoms. The van der Waals surface area contributed by atoms with E-state index in [-0.39, 0.29) is 6.04 Å². The van der Waals surface area contributed by atoms with Crippen LogP contribution in [0.5, 0.6) is 0 Å². The van der Waals surface area contributed by atoms with Gasteiger partial charge in [0.05, 0.1) is 23.4 Å². The first-order valence-corrected chi connectivity index (χ1v) is 11.3. The molecule has 7 heteroatoms. The maximum absolute atomic E-state index is 9.38. The number of nitrogens with zero attached hydrogens (tertiary/aromatic N) is 6. The Morgan fingerprint density at radius 3 is 2.75 bits per heavy atom. The van der Waals surface area contributed by atoms with E-state index in [9.17, 15) is 5.26 Å². The van der Waals surface area contributed by atoms with Crippen LogP contribution in [0.1, 0.15) is 49.2 Å². The van der Waals surface area contributed by atoms with Gasteiger partial charge in [-0.1, -0.05) is 19.1 Å². The number of nitrogens with one attached hydrogen (secondary N) is 1. The van der Waals surface area contributed by atoms with Gasteiger partial charge in [-0.05, 0) is 57.5 Å². The minimum absolute atomic E-state index is 0.0201. The van der Waals surface area contributed by atoms with Crippen LogP contribution in [0.4, 0.5) is 11.6 Å². The minimum atomic E-state index is -0.0201. The van der Waals surface area contributed by atoms with Crippen molar-refractivity contribution in [1.82, 2.24) is 20.1 Å². The summed E-state index contributed by atoms with van der Waals surface area (Å²) in [6.07, 6.45) is 1.92. The fourth-order valence-corrected chi connectivity index (χ4v) is 4.64. The van der Waals surface area contributed by atoms with E-state index < -0.39 is 0 Å².